The van der Waals surface area contributed by atoms with Crippen LogP contribution in [0, 0.1) is 11.7 Å². The SMILES string of the molecule is CC(=O)N1C[C@H](C(N)=O)[C@@H](c2ccc(CN(C)C(=O)CCCc3ccc(F)cc3)cc2)C1. The van der Waals surface area contributed by atoms with E-state index >= 15 is 0 Å². The standard InChI is InChI=1S/C25H30FN3O3/c1-17(30)29-15-22(23(16-29)25(27)32)20-10-6-19(7-11-20)14-28(2)24(31)5-3-4-18-8-12-21(26)13-9-18/h6-13,22-23H,3-5,14-16H2,1-2H3,(H2,27,32)/t22-,23+/m1/s1. The predicted octanol–water partition coefficient (Wildman–Crippen LogP) is 2.85. The van der Waals surface area contributed by atoms with E-state index in [4.69, 9.17) is 5.73 Å². The van der Waals surface area contributed by atoms with Crippen LogP contribution >= 0.6 is 0 Å². The van der Waals surface area contributed by atoms with Crippen LogP contribution in [0.4, 0.5) is 4.39 Å². The first-order valence-corrected chi connectivity index (χ1v) is 10.9. The lowest BCUT2D eigenvalue weighted by Gasteiger charge is -2.19. The molecule has 32 heavy (non-hydrogen) atoms. The number of amides is 3. The number of carbonyl (C=O) groups excluding carboxylic acids is 3. The first-order valence-electron chi connectivity index (χ1n) is 10.9. The zero-order valence-electron chi connectivity index (χ0n) is 18.6. The largest absolute Gasteiger partial charge is 0.369 e. The Labute approximate surface area is 188 Å². The minimum atomic E-state index is -0.395. The highest BCUT2D eigenvalue weighted by Crippen LogP contribution is 2.32. The molecule has 1 saturated heterocycles. The number of benzene rings is 2. The molecule has 0 bridgehead atoms. The first kappa shape index (κ1) is 23.4. The lowest BCUT2D eigenvalue weighted by Crippen LogP contribution is -2.30. The molecule has 0 aromatic heterocycles. The Hall–Kier alpha value is -3.22. The number of likely N-dealkylation sites (tertiary alicyclic amines) is 1. The minimum Gasteiger partial charge on any atom is -0.369 e. The van der Waals surface area contributed by atoms with Gasteiger partial charge in [-0.2, -0.15) is 0 Å². The molecule has 1 aliphatic heterocycles. The second-order valence-electron chi connectivity index (χ2n) is 8.51. The van der Waals surface area contributed by atoms with Crippen molar-refractivity contribution >= 4 is 17.7 Å². The molecule has 1 aliphatic rings. The number of hydrogen-bond donors (Lipinski definition) is 1. The number of carbonyl (C=O) groups is 3. The average molecular weight is 440 g/mol. The van der Waals surface area contributed by atoms with Gasteiger partial charge in [0.15, 0.2) is 0 Å². The Bertz CT molecular complexity index is 959. The van der Waals surface area contributed by atoms with Crippen LogP contribution in [0.5, 0.6) is 0 Å². The van der Waals surface area contributed by atoms with Crippen molar-refractivity contribution in [2.75, 3.05) is 20.1 Å². The van der Waals surface area contributed by atoms with Crippen molar-refractivity contribution in [3.63, 3.8) is 0 Å². The lowest BCUT2D eigenvalue weighted by atomic mass is 9.88. The maximum atomic E-state index is 13.0. The van der Waals surface area contributed by atoms with Crippen molar-refractivity contribution < 1.29 is 18.8 Å². The Morgan fingerprint density at radius 2 is 1.66 bits per heavy atom. The molecule has 0 saturated carbocycles. The molecule has 2 aromatic rings. The number of rotatable bonds is 8. The molecule has 1 heterocycles. The molecule has 170 valence electrons. The molecular formula is C25H30FN3O3. The second kappa shape index (κ2) is 10.4. The molecular weight excluding hydrogens is 409 g/mol. The number of nitrogens with zero attached hydrogens (tertiary/aromatic N) is 2. The molecule has 6 nitrogen and oxygen atoms in total. The normalized spacial score (nSPS) is 17.9. The van der Waals surface area contributed by atoms with Crippen LogP contribution in [0.15, 0.2) is 48.5 Å². The highest BCUT2D eigenvalue weighted by atomic mass is 19.1. The predicted molar refractivity (Wildman–Crippen MR) is 120 cm³/mol. The van der Waals surface area contributed by atoms with E-state index in [0.29, 0.717) is 32.5 Å². The van der Waals surface area contributed by atoms with Gasteiger partial charge in [0.1, 0.15) is 5.82 Å². The summed E-state index contributed by atoms with van der Waals surface area (Å²) in [4.78, 5) is 39.4. The van der Waals surface area contributed by atoms with Gasteiger partial charge in [-0.3, -0.25) is 14.4 Å². The van der Waals surface area contributed by atoms with E-state index in [9.17, 15) is 18.8 Å². The summed E-state index contributed by atoms with van der Waals surface area (Å²) in [7, 11) is 1.78. The van der Waals surface area contributed by atoms with Crippen LogP contribution in [-0.4, -0.2) is 47.7 Å². The van der Waals surface area contributed by atoms with E-state index in [1.165, 1.54) is 19.1 Å². The summed E-state index contributed by atoms with van der Waals surface area (Å²) in [6.07, 6.45) is 1.86. The number of halogens is 1. The van der Waals surface area contributed by atoms with E-state index in [2.05, 4.69) is 0 Å². The molecule has 0 spiro atoms. The zero-order valence-corrected chi connectivity index (χ0v) is 18.6. The third-order valence-corrected chi connectivity index (χ3v) is 6.15. The summed E-state index contributed by atoms with van der Waals surface area (Å²) in [5.41, 5.74) is 8.53. The van der Waals surface area contributed by atoms with Gasteiger partial charge < -0.3 is 15.5 Å². The fraction of sp³-hybridized carbons (Fsp3) is 0.400. The van der Waals surface area contributed by atoms with E-state index in [1.54, 1.807) is 29.0 Å². The minimum absolute atomic E-state index is 0.0536. The second-order valence-corrected chi connectivity index (χ2v) is 8.51. The highest BCUT2D eigenvalue weighted by molar-refractivity contribution is 5.81. The maximum absolute atomic E-state index is 13.0. The van der Waals surface area contributed by atoms with Gasteiger partial charge in [0.25, 0.3) is 0 Å². The Morgan fingerprint density at radius 3 is 2.25 bits per heavy atom. The molecule has 0 radical (unpaired) electrons. The summed E-state index contributed by atoms with van der Waals surface area (Å²) in [6.45, 7) is 2.82. The molecule has 3 rings (SSSR count). The highest BCUT2D eigenvalue weighted by Gasteiger charge is 2.38. The van der Waals surface area contributed by atoms with Gasteiger partial charge in [0, 0.05) is 45.9 Å². The Balaban J connectivity index is 1.53. The van der Waals surface area contributed by atoms with E-state index < -0.39 is 11.8 Å². The Kier molecular flexibility index (Phi) is 7.62. The molecule has 3 amide bonds. The number of hydrogen-bond acceptors (Lipinski definition) is 3. The van der Waals surface area contributed by atoms with Crippen LogP contribution < -0.4 is 5.73 Å². The summed E-state index contributed by atoms with van der Waals surface area (Å²) < 4.78 is 13.0. The van der Waals surface area contributed by atoms with Gasteiger partial charge in [-0.1, -0.05) is 36.4 Å². The first-order chi connectivity index (χ1) is 15.2. The van der Waals surface area contributed by atoms with Crippen LogP contribution in [0.3, 0.4) is 0 Å². The van der Waals surface area contributed by atoms with Gasteiger partial charge >= 0.3 is 0 Å². The van der Waals surface area contributed by atoms with Crippen molar-refractivity contribution in [1.82, 2.24) is 9.80 Å². The fourth-order valence-electron chi connectivity index (χ4n) is 4.20. The van der Waals surface area contributed by atoms with Gasteiger partial charge in [0.05, 0.1) is 5.92 Å². The lowest BCUT2D eigenvalue weighted by molar-refractivity contribution is -0.130. The van der Waals surface area contributed by atoms with Crippen molar-refractivity contribution in [1.29, 1.82) is 0 Å². The number of aryl methyl sites for hydroxylation is 1. The summed E-state index contributed by atoms with van der Waals surface area (Å²) in [5, 5.41) is 0. The van der Waals surface area contributed by atoms with Gasteiger partial charge in [0.2, 0.25) is 17.7 Å². The molecule has 2 aromatic carbocycles. The van der Waals surface area contributed by atoms with E-state index in [-0.39, 0.29) is 23.5 Å². The molecule has 0 unspecified atom stereocenters. The van der Waals surface area contributed by atoms with Crippen LogP contribution in [0.1, 0.15) is 42.4 Å². The summed E-state index contributed by atoms with van der Waals surface area (Å²) in [6, 6.07) is 14.2. The zero-order chi connectivity index (χ0) is 23.3. The van der Waals surface area contributed by atoms with Gasteiger partial charge in [-0.05, 0) is 41.7 Å². The van der Waals surface area contributed by atoms with E-state index in [1.807, 2.05) is 24.3 Å². The maximum Gasteiger partial charge on any atom is 0.223 e. The van der Waals surface area contributed by atoms with E-state index in [0.717, 1.165) is 23.1 Å². The third kappa shape index (κ3) is 5.93. The Morgan fingerprint density at radius 1 is 1.03 bits per heavy atom. The van der Waals surface area contributed by atoms with Crippen LogP contribution in [0.2, 0.25) is 0 Å². The molecule has 7 heteroatoms. The third-order valence-electron chi connectivity index (χ3n) is 6.15. The quantitative estimate of drug-likeness (QED) is 0.687. The molecule has 1 fully saturated rings. The van der Waals surface area contributed by atoms with Crippen molar-refractivity contribution in [2.45, 2.75) is 38.6 Å². The molecule has 2 N–H and O–H groups in total. The fourth-order valence-corrected chi connectivity index (χ4v) is 4.20. The smallest absolute Gasteiger partial charge is 0.223 e. The van der Waals surface area contributed by atoms with Crippen molar-refractivity contribution in [2.24, 2.45) is 11.7 Å². The topological polar surface area (TPSA) is 83.7 Å². The summed E-state index contributed by atoms with van der Waals surface area (Å²) in [5.74, 6) is -1.17. The monoisotopic (exact) mass is 439 g/mol. The van der Waals surface area contributed by atoms with Crippen molar-refractivity contribution in [3.8, 4) is 0 Å². The molecule has 2 atom stereocenters. The summed E-state index contributed by atoms with van der Waals surface area (Å²) >= 11 is 0. The average Bonchev–Trinajstić information content (AvgIpc) is 3.22. The van der Waals surface area contributed by atoms with Crippen LogP contribution in [0.25, 0.3) is 0 Å². The molecule has 0 aliphatic carbocycles. The van der Waals surface area contributed by atoms with Crippen molar-refractivity contribution in [3.05, 3.63) is 71.0 Å². The number of primary amides is 1. The van der Waals surface area contributed by atoms with Gasteiger partial charge in [-0.25, -0.2) is 4.39 Å². The number of nitrogens with two attached hydrogens (primary N) is 1. The van der Waals surface area contributed by atoms with Crippen LogP contribution in [-0.2, 0) is 27.3 Å². The van der Waals surface area contributed by atoms with Gasteiger partial charge in [-0.15, -0.1) is 0 Å².